The van der Waals surface area contributed by atoms with Crippen LogP contribution in [0.2, 0.25) is 0 Å². The number of hydrogen-bond donors (Lipinski definition) is 0. The fourth-order valence-corrected chi connectivity index (χ4v) is 2.47. The summed E-state index contributed by atoms with van der Waals surface area (Å²) in [6.45, 7) is 4.43. The van der Waals surface area contributed by atoms with E-state index >= 15 is 0 Å². The molecule has 0 aliphatic heterocycles. The van der Waals surface area contributed by atoms with Crippen LogP contribution in [-0.4, -0.2) is 30.8 Å². The Morgan fingerprint density at radius 3 is 1.78 bits per heavy atom. The molecular formula is C25H34O7. The number of esters is 3. The van der Waals surface area contributed by atoms with Gasteiger partial charge in [0.25, 0.3) is 5.76 Å². The number of ketones is 1. The maximum Gasteiger partial charge on any atom is 0.378 e. The molecule has 0 atom stereocenters. The van der Waals surface area contributed by atoms with Crippen LogP contribution in [0.3, 0.4) is 0 Å². The number of carbonyl (C=O) groups is 4. The zero-order chi connectivity index (χ0) is 24.2. The second-order valence-electron chi connectivity index (χ2n) is 6.84. The normalized spacial score (nSPS) is 12.5. The summed E-state index contributed by atoms with van der Waals surface area (Å²) >= 11 is 0. The van der Waals surface area contributed by atoms with Crippen LogP contribution < -0.4 is 0 Å². The van der Waals surface area contributed by atoms with Crippen LogP contribution in [0.1, 0.15) is 65.7 Å². The van der Waals surface area contributed by atoms with Gasteiger partial charge >= 0.3 is 17.9 Å². The zero-order valence-electron chi connectivity index (χ0n) is 19.4. The van der Waals surface area contributed by atoms with Gasteiger partial charge in [-0.15, -0.1) is 0 Å². The van der Waals surface area contributed by atoms with Gasteiger partial charge in [0.1, 0.15) is 0 Å². The summed E-state index contributed by atoms with van der Waals surface area (Å²) < 4.78 is 14.3. The molecule has 0 amide bonds. The quantitative estimate of drug-likeness (QED) is 0.0868. The van der Waals surface area contributed by atoms with Crippen molar-refractivity contribution in [2.75, 3.05) is 7.11 Å². The predicted octanol–water partition coefficient (Wildman–Crippen LogP) is 5.04. The number of unbranched alkanes of at least 4 members (excludes halogenated alkanes) is 5. The van der Waals surface area contributed by atoms with Crippen molar-refractivity contribution in [1.82, 2.24) is 0 Å². The summed E-state index contributed by atoms with van der Waals surface area (Å²) in [5.41, 5.74) is 0. The van der Waals surface area contributed by atoms with Crippen molar-refractivity contribution in [2.24, 2.45) is 0 Å². The summed E-state index contributed by atoms with van der Waals surface area (Å²) in [6.07, 6.45) is 20.2. The molecule has 0 aliphatic carbocycles. The van der Waals surface area contributed by atoms with Gasteiger partial charge in [-0.2, -0.15) is 0 Å². The van der Waals surface area contributed by atoms with Crippen LogP contribution in [-0.2, 0) is 33.4 Å². The minimum absolute atomic E-state index is 0.103. The molecule has 0 bridgehead atoms. The molecule has 0 heterocycles. The predicted molar refractivity (Wildman–Crippen MR) is 122 cm³/mol. The van der Waals surface area contributed by atoms with Crippen LogP contribution >= 0.6 is 0 Å². The fourth-order valence-electron chi connectivity index (χ4n) is 2.47. The van der Waals surface area contributed by atoms with Crippen molar-refractivity contribution in [3.05, 3.63) is 60.1 Å². The molecule has 0 aromatic carbocycles. The Balaban J connectivity index is 4.77. The van der Waals surface area contributed by atoms with Crippen LogP contribution in [0.4, 0.5) is 0 Å². The third kappa shape index (κ3) is 15.6. The van der Waals surface area contributed by atoms with E-state index < -0.39 is 23.7 Å². The van der Waals surface area contributed by atoms with Gasteiger partial charge in [-0.05, 0) is 18.6 Å². The van der Waals surface area contributed by atoms with Gasteiger partial charge in [0, 0.05) is 20.3 Å². The summed E-state index contributed by atoms with van der Waals surface area (Å²) in [4.78, 5) is 46.1. The van der Waals surface area contributed by atoms with Gasteiger partial charge in [-0.25, -0.2) is 4.79 Å². The topological polar surface area (TPSA) is 96.0 Å². The lowest BCUT2D eigenvalue weighted by Crippen LogP contribution is -2.15. The van der Waals surface area contributed by atoms with Gasteiger partial charge in [-0.1, -0.05) is 75.5 Å². The number of carbonyl (C=O) groups excluding carboxylic acids is 4. The maximum absolute atomic E-state index is 11.8. The van der Waals surface area contributed by atoms with Gasteiger partial charge in [0.15, 0.2) is 11.5 Å². The standard InChI is InChI=1S/C25H34O7/c1-5-6-7-8-11-14-17-22(28)18-15-12-9-10-13-16-19-23(31-20(2)26)24(25(29)30-4)32-21(3)27/h9-10,12-13,15-16,18-19H,5-8,11,14,17H2,1-4H3/b12-9+,13-10+,18-15+,19-16+,24-23+. The average molecular weight is 447 g/mol. The molecule has 0 radical (unpaired) electrons. The first-order valence-electron chi connectivity index (χ1n) is 10.7. The maximum atomic E-state index is 11.8. The minimum atomic E-state index is -0.958. The van der Waals surface area contributed by atoms with Crippen LogP contribution in [0.25, 0.3) is 0 Å². The van der Waals surface area contributed by atoms with E-state index in [0.717, 1.165) is 33.8 Å². The van der Waals surface area contributed by atoms with Gasteiger partial charge in [0.05, 0.1) is 7.11 Å². The van der Waals surface area contributed by atoms with Crippen molar-refractivity contribution in [1.29, 1.82) is 0 Å². The molecule has 0 N–H and O–H groups in total. The van der Waals surface area contributed by atoms with Crippen molar-refractivity contribution in [2.45, 2.75) is 65.7 Å². The molecule has 0 fully saturated rings. The van der Waals surface area contributed by atoms with E-state index in [1.165, 1.54) is 37.8 Å². The summed E-state index contributed by atoms with van der Waals surface area (Å²) in [5, 5.41) is 0. The number of hydrogen-bond acceptors (Lipinski definition) is 7. The monoisotopic (exact) mass is 446 g/mol. The Labute approximate surface area is 190 Å². The van der Waals surface area contributed by atoms with Gasteiger partial charge in [-0.3, -0.25) is 14.4 Å². The minimum Gasteiger partial charge on any atom is -0.463 e. The zero-order valence-corrected chi connectivity index (χ0v) is 19.4. The Hall–Kier alpha value is -3.22. The second kappa shape index (κ2) is 18.5. The Morgan fingerprint density at radius 1 is 0.688 bits per heavy atom. The number of ether oxygens (including phenoxy) is 3. The average Bonchev–Trinajstić information content (AvgIpc) is 2.74. The van der Waals surface area contributed by atoms with E-state index in [1.807, 2.05) is 0 Å². The molecule has 0 aliphatic rings. The van der Waals surface area contributed by atoms with Crippen molar-refractivity contribution in [3.8, 4) is 0 Å². The molecule has 0 saturated carbocycles. The molecule has 0 spiro atoms. The largest absolute Gasteiger partial charge is 0.463 e. The van der Waals surface area contributed by atoms with E-state index in [2.05, 4.69) is 11.7 Å². The molecule has 0 aromatic rings. The van der Waals surface area contributed by atoms with Crippen LogP contribution in [0.5, 0.6) is 0 Å². The summed E-state index contributed by atoms with van der Waals surface area (Å²) in [7, 11) is 1.11. The number of allylic oxidation sites excluding steroid dienone is 8. The molecule has 7 heteroatoms. The van der Waals surface area contributed by atoms with E-state index in [0.29, 0.717) is 6.42 Å². The lowest BCUT2D eigenvalue weighted by Gasteiger charge is -2.09. The molecule has 0 saturated heterocycles. The smallest absolute Gasteiger partial charge is 0.378 e. The molecule has 0 aromatic heterocycles. The highest BCUT2D eigenvalue weighted by Crippen LogP contribution is 2.13. The Bertz CT molecular complexity index is 767. The third-order valence-corrected chi connectivity index (χ3v) is 3.96. The van der Waals surface area contributed by atoms with E-state index in [-0.39, 0.29) is 11.5 Å². The molecule has 7 nitrogen and oxygen atoms in total. The Kier molecular flexibility index (Phi) is 16.7. The molecule has 32 heavy (non-hydrogen) atoms. The highest BCUT2D eigenvalue weighted by Gasteiger charge is 2.21. The molecule has 0 unspecified atom stereocenters. The SMILES string of the molecule is CCCCCCCCC(=O)/C=C/C=C/C=C/C=C/C(OC(C)=O)=C(\OC(C)=O)C(=O)OC. The summed E-state index contributed by atoms with van der Waals surface area (Å²) in [6, 6.07) is 0. The first-order valence-corrected chi connectivity index (χ1v) is 10.7. The lowest BCUT2D eigenvalue weighted by molar-refractivity contribution is -0.150. The fraction of sp³-hybridized carbons (Fsp3) is 0.440. The number of methoxy groups -OCH3 is 1. The molecule has 176 valence electrons. The van der Waals surface area contributed by atoms with Crippen molar-refractivity contribution >= 4 is 23.7 Å². The first kappa shape index (κ1) is 28.8. The second-order valence-corrected chi connectivity index (χ2v) is 6.84. The molecule has 0 rings (SSSR count). The Morgan fingerprint density at radius 2 is 1.22 bits per heavy atom. The van der Waals surface area contributed by atoms with Gasteiger partial charge < -0.3 is 14.2 Å². The van der Waals surface area contributed by atoms with Crippen LogP contribution in [0, 0.1) is 0 Å². The highest BCUT2D eigenvalue weighted by molar-refractivity contribution is 5.90. The highest BCUT2D eigenvalue weighted by atomic mass is 16.6. The van der Waals surface area contributed by atoms with Gasteiger partial charge in [0.2, 0.25) is 0 Å². The lowest BCUT2D eigenvalue weighted by atomic mass is 10.1. The molecular weight excluding hydrogens is 412 g/mol. The van der Waals surface area contributed by atoms with Crippen LogP contribution in [0.15, 0.2) is 60.1 Å². The van der Waals surface area contributed by atoms with Crippen molar-refractivity contribution < 1.29 is 33.4 Å². The summed E-state index contributed by atoms with van der Waals surface area (Å²) in [5.74, 6) is -3.10. The van der Waals surface area contributed by atoms with Crippen molar-refractivity contribution in [3.63, 3.8) is 0 Å². The number of rotatable bonds is 15. The third-order valence-electron chi connectivity index (χ3n) is 3.96. The van der Waals surface area contributed by atoms with E-state index in [4.69, 9.17) is 9.47 Å². The van der Waals surface area contributed by atoms with E-state index in [1.54, 1.807) is 36.5 Å². The van der Waals surface area contributed by atoms with E-state index in [9.17, 15) is 19.2 Å². The first-order chi connectivity index (χ1) is 15.3.